The van der Waals surface area contributed by atoms with Crippen molar-refractivity contribution in [2.75, 3.05) is 13.1 Å². The number of hydrogen-bond donors (Lipinski definition) is 1. The van der Waals surface area contributed by atoms with E-state index in [2.05, 4.69) is 22.5 Å². The van der Waals surface area contributed by atoms with Gasteiger partial charge in [0.15, 0.2) is 0 Å². The Morgan fingerprint density at radius 2 is 1.95 bits per heavy atom. The first-order valence-corrected chi connectivity index (χ1v) is 7.59. The molecule has 2 aromatic rings. The Morgan fingerprint density at radius 3 is 2.65 bits per heavy atom. The van der Waals surface area contributed by atoms with Crippen molar-refractivity contribution in [1.82, 2.24) is 15.1 Å². The van der Waals surface area contributed by atoms with Crippen molar-refractivity contribution >= 4 is 11.6 Å². The van der Waals surface area contributed by atoms with Gasteiger partial charge in [-0.25, -0.2) is 0 Å². The minimum Gasteiger partial charge on any atom is -0.317 e. The SMILES string of the molecule is Cn1ncc(-c2ccc(Cl)cc2)c1CC1CCNCC1. The van der Waals surface area contributed by atoms with E-state index in [1.165, 1.54) is 29.7 Å². The summed E-state index contributed by atoms with van der Waals surface area (Å²) in [5.74, 6) is 0.762. The van der Waals surface area contributed by atoms with Crippen molar-refractivity contribution in [2.45, 2.75) is 19.3 Å². The Labute approximate surface area is 124 Å². The van der Waals surface area contributed by atoms with Crippen LogP contribution in [0.15, 0.2) is 30.5 Å². The van der Waals surface area contributed by atoms with E-state index >= 15 is 0 Å². The Bertz CT molecular complexity index is 568. The van der Waals surface area contributed by atoms with Crippen LogP contribution < -0.4 is 5.32 Å². The van der Waals surface area contributed by atoms with Gasteiger partial charge in [-0.2, -0.15) is 5.10 Å². The lowest BCUT2D eigenvalue weighted by molar-refractivity contribution is 0.366. The lowest BCUT2D eigenvalue weighted by Crippen LogP contribution is -2.29. The first-order valence-electron chi connectivity index (χ1n) is 7.21. The number of aromatic nitrogens is 2. The van der Waals surface area contributed by atoms with Crippen LogP contribution >= 0.6 is 11.6 Å². The van der Waals surface area contributed by atoms with E-state index in [4.69, 9.17) is 11.6 Å². The number of nitrogens with one attached hydrogen (secondary N) is 1. The molecule has 1 fully saturated rings. The first kappa shape index (κ1) is 13.7. The molecule has 3 rings (SSSR count). The number of hydrogen-bond acceptors (Lipinski definition) is 2. The second kappa shape index (κ2) is 5.98. The molecule has 1 saturated heterocycles. The molecule has 1 N–H and O–H groups in total. The van der Waals surface area contributed by atoms with E-state index in [0.717, 1.165) is 30.5 Å². The highest BCUT2D eigenvalue weighted by Crippen LogP contribution is 2.28. The molecule has 0 radical (unpaired) electrons. The zero-order chi connectivity index (χ0) is 13.9. The van der Waals surface area contributed by atoms with Crippen LogP contribution in [0.25, 0.3) is 11.1 Å². The molecular weight excluding hydrogens is 270 g/mol. The van der Waals surface area contributed by atoms with Gasteiger partial charge < -0.3 is 5.32 Å². The summed E-state index contributed by atoms with van der Waals surface area (Å²) in [6.45, 7) is 2.28. The topological polar surface area (TPSA) is 29.9 Å². The number of nitrogens with zero attached hydrogens (tertiary/aromatic N) is 2. The molecule has 106 valence electrons. The van der Waals surface area contributed by atoms with Gasteiger partial charge in [-0.1, -0.05) is 23.7 Å². The van der Waals surface area contributed by atoms with Crippen LogP contribution in [0.2, 0.25) is 5.02 Å². The summed E-state index contributed by atoms with van der Waals surface area (Å²) in [5, 5.41) is 8.65. The fraction of sp³-hybridized carbons (Fsp3) is 0.438. The smallest absolute Gasteiger partial charge is 0.0571 e. The van der Waals surface area contributed by atoms with Crippen molar-refractivity contribution in [3.05, 3.63) is 41.2 Å². The van der Waals surface area contributed by atoms with E-state index in [-0.39, 0.29) is 0 Å². The molecule has 0 unspecified atom stereocenters. The summed E-state index contributed by atoms with van der Waals surface area (Å²) in [6, 6.07) is 8.03. The highest BCUT2D eigenvalue weighted by molar-refractivity contribution is 6.30. The zero-order valence-corrected chi connectivity index (χ0v) is 12.5. The highest BCUT2D eigenvalue weighted by atomic mass is 35.5. The van der Waals surface area contributed by atoms with E-state index < -0.39 is 0 Å². The number of rotatable bonds is 3. The third-order valence-corrected chi connectivity index (χ3v) is 4.41. The molecule has 0 aliphatic carbocycles. The van der Waals surface area contributed by atoms with E-state index in [0.29, 0.717) is 0 Å². The third-order valence-electron chi connectivity index (χ3n) is 4.16. The summed E-state index contributed by atoms with van der Waals surface area (Å²) in [7, 11) is 2.04. The number of benzene rings is 1. The Morgan fingerprint density at radius 1 is 1.25 bits per heavy atom. The zero-order valence-electron chi connectivity index (χ0n) is 11.8. The van der Waals surface area contributed by atoms with Gasteiger partial charge >= 0.3 is 0 Å². The molecule has 0 bridgehead atoms. The molecule has 0 saturated carbocycles. The maximum Gasteiger partial charge on any atom is 0.0571 e. The number of aryl methyl sites for hydroxylation is 1. The molecule has 3 nitrogen and oxygen atoms in total. The molecule has 1 aromatic heterocycles. The summed E-state index contributed by atoms with van der Waals surface area (Å²) >= 11 is 5.97. The van der Waals surface area contributed by atoms with Crippen LogP contribution in [0.4, 0.5) is 0 Å². The van der Waals surface area contributed by atoms with Gasteiger partial charge in [-0.3, -0.25) is 4.68 Å². The van der Waals surface area contributed by atoms with Crippen molar-refractivity contribution in [3.8, 4) is 11.1 Å². The molecule has 2 heterocycles. The predicted octanol–water partition coefficient (Wildman–Crippen LogP) is 3.28. The fourth-order valence-electron chi connectivity index (χ4n) is 2.93. The molecular formula is C16H20ClN3. The van der Waals surface area contributed by atoms with Crippen LogP contribution in [0, 0.1) is 5.92 Å². The lowest BCUT2D eigenvalue weighted by Gasteiger charge is -2.23. The summed E-state index contributed by atoms with van der Waals surface area (Å²) in [6.07, 6.45) is 5.59. The largest absolute Gasteiger partial charge is 0.317 e. The Kier molecular flexibility index (Phi) is 4.08. The molecule has 0 amide bonds. The molecule has 1 aromatic carbocycles. The van der Waals surface area contributed by atoms with Gasteiger partial charge in [-0.15, -0.1) is 0 Å². The first-order chi connectivity index (χ1) is 9.74. The van der Waals surface area contributed by atoms with Crippen molar-refractivity contribution in [3.63, 3.8) is 0 Å². The van der Waals surface area contributed by atoms with Crippen LogP contribution in [-0.4, -0.2) is 22.9 Å². The van der Waals surface area contributed by atoms with Crippen LogP contribution in [-0.2, 0) is 13.5 Å². The van der Waals surface area contributed by atoms with Gasteiger partial charge in [0.25, 0.3) is 0 Å². The normalized spacial score (nSPS) is 16.5. The van der Waals surface area contributed by atoms with Gasteiger partial charge in [0.2, 0.25) is 0 Å². The maximum atomic E-state index is 5.97. The quantitative estimate of drug-likeness (QED) is 0.940. The molecule has 20 heavy (non-hydrogen) atoms. The van der Waals surface area contributed by atoms with Crippen LogP contribution in [0.3, 0.4) is 0 Å². The second-order valence-electron chi connectivity index (χ2n) is 5.53. The van der Waals surface area contributed by atoms with Crippen molar-refractivity contribution in [1.29, 1.82) is 0 Å². The molecule has 0 spiro atoms. The van der Waals surface area contributed by atoms with E-state index in [9.17, 15) is 0 Å². The minimum absolute atomic E-state index is 0.762. The molecule has 1 aliphatic rings. The predicted molar refractivity (Wildman–Crippen MR) is 83.0 cm³/mol. The summed E-state index contributed by atoms with van der Waals surface area (Å²) < 4.78 is 2.02. The third kappa shape index (κ3) is 2.89. The molecule has 0 atom stereocenters. The lowest BCUT2D eigenvalue weighted by atomic mass is 9.91. The average Bonchev–Trinajstić information content (AvgIpc) is 2.83. The van der Waals surface area contributed by atoms with Crippen LogP contribution in [0.1, 0.15) is 18.5 Å². The summed E-state index contributed by atoms with van der Waals surface area (Å²) in [4.78, 5) is 0. The molecule has 1 aliphatic heterocycles. The van der Waals surface area contributed by atoms with Gasteiger partial charge in [-0.05, 0) is 56.0 Å². The Balaban J connectivity index is 1.86. The van der Waals surface area contributed by atoms with Crippen molar-refractivity contribution < 1.29 is 0 Å². The standard InChI is InChI=1S/C16H20ClN3/c1-20-16(10-12-6-8-18-9-7-12)15(11-19-20)13-2-4-14(17)5-3-13/h2-5,11-12,18H,6-10H2,1H3. The fourth-order valence-corrected chi connectivity index (χ4v) is 3.06. The van der Waals surface area contributed by atoms with E-state index in [1.54, 1.807) is 0 Å². The molecule has 4 heteroatoms. The monoisotopic (exact) mass is 289 g/mol. The van der Waals surface area contributed by atoms with Gasteiger partial charge in [0.05, 0.1) is 6.20 Å². The number of piperidine rings is 1. The number of halogens is 1. The van der Waals surface area contributed by atoms with Gasteiger partial charge in [0, 0.05) is 23.3 Å². The van der Waals surface area contributed by atoms with Crippen LogP contribution in [0.5, 0.6) is 0 Å². The average molecular weight is 290 g/mol. The van der Waals surface area contributed by atoms with E-state index in [1.807, 2.05) is 30.1 Å². The highest BCUT2D eigenvalue weighted by Gasteiger charge is 2.18. The minimum atomic E-state index is 0.762. The van der Waals surface area contributed by atoms with Gasteiger partial charge in [0.1, 0.15) is 0 Å². The van der Waals surface area contributed by atoms with Crippen molar-refractivity contribution in [2.24, 2.45) is 13.0 Å². The summed E-state index contributed by atoms with van der Waals surface area (Å²) in [5.41, 5.74) is 3.77. The second-order valence-corrected chi connectivity index (χ2v) is 5.97. The maximum absolute atomic E-state index is 5.97. The Hall–Kier alpha value is -1.32.